The number of ether oxygens (including phenoxy) is 2. The van der Waals surface area contributed by atoms with Crippen molar-refractivity contribution in [1.82, 2.24) is 15.6 Å². The van der Waals surface area contributed by atoms with Crippen molar-refractivity contribution in [3.8, 4) is 11.5 Å². The summed E-state index contributed by atoms with van der Waals surface area (Å²) in [6.45, 7) is 1.89. The van der Waals surface area contributed by atoms with E-state index in [4.69, 9.17) is 21.1 Å². The molecule has 2 aromatic carbocycles. The molecule has 0 spiro atoms. The van der Waals surface area contributed by atoms with Gasteiger partial charge in [0.1, 0.15) is 29.7 Å². The molecule has 2 N–H and O–H groups in total. The van der Waals surface area contributed by atoms with Crippen LogP contribution in [0, 0.1) is 17.0 Å². The predicted octanol–water partition coefficient (Wildman–Crippen LogP) is 5.06. The highest BCUT2D eigenvalue weighted by Gasteiger charge is 2.38. The highest BCUT2D eigenvalue weighted by molar-refractivity contribution is 6.32. The van der Waals surface area contributed by atoms with Gasteiger partial charge in [-0.1, -0.05) is 11.6 Å². The van der Waals surface area contributed by atoms with E-state index in [9.17, 15) is 13.6 Å². The molecule has 0 unspecified atom stereocenters. The normalized spacial score (nSPS) is 15.0. The maximum atomic E-state index is 13.3. The summed E-state index contributed by atoms with van der Waals surface area (Å²) < 4.78 is 37.5. The van der Waals surface area contributed by atoms with Gasteiger partial charge < -0.3 is 20.1 Å². The smallest absolute Gasteiger partial charge is 0.226 e. The maximum Gasteiger partial charge on any atom is 0.226 e. The zero-order valence-electron chi connectivity index (χ0n) is 20.2. The fourth-order valence-corrected chi connectivity index (χ4v) is 5.06. The summed E-state index contributed by atoms with van der Waals surface area (Å²) in [5.41, 5.74) is 1.35. The molecule has 1 fully saturated rings. The van der Waals surface area contributed by atoms with Crippen molar-refractivity contribution in [3.05, 3.63) is 64.8 Å². The molecule has 1 amide bonds. The second kappa shape index (κ2) is 11.8. The van der Waals surface area contributed by atoms with Crippen LogP contribution in [0.15, 0.2) is 42.6 Å². The van der Waals surface area contributed by atoms with Crippen LogP contribution in [0.3, 0.4) is 0 Å². The molecule has 1 saturated heterocycles. The summed E-state index contributed by atoms with van der Waals surface area (Å²) in [5.74, 6) is -0.599. The first-order chi connectivity index (χ1) is 17.4. The minimum atomic E-state index is -0.705. The molecule has 0 bridgehead atoms. The van der Waals surface area contributed by atoms with Crippen molar-refractivity contribution in [2.24, 2.45) is 5.41 Å². The lowest BCUT2D eigenvalue weighted by molar-refractivity contribution is -0.133. The number of rotatable bonds is 10. The second-order valence-corrected chi connectivity index (χ2v) is 9.47. The number of nitrogens with zero attached hydrogens (tertiary/aromatic N) is 1. The Morgan fingerprint density at radius 1 is 1.14 bits per heavy atom. The number of halogens is 3. The Labute approximate surface area is 214 Å². The topological polar surface area (TPSA) is 72.5 Å². The highest BCUT2D eigenvalue weighted by Crippen LogP contribution is 2.36. The second-order valence-electron chi connectivity index (χ2n) is 9.06. The zero-order valence-corrected chi connectivity index (χ0v) is 21.0. The van der Waals surface area contributed by atoms with Crippen molar-refractivity contribution in [3.63, 3.8) is 0 Å². The van der Waals surface area contributed by atoms with Crippen LogP contribution in [-0.2, 0) is 11.2 Å². The largest absolute Gasteiger partial charge is 0.497 e. The van der Waals surface area contributed by atoms with Crippen LogP contribution >= 0.6 is 11.6 Å². The molecule has 6 nitrogen and oxygen atoms in total. The first kappa shape index (κ1) is 26.1. The molecule has 9 heteroatoms. The first-order valence-electron chi connectivity index (χ1n) is 12.1. The van der Waals surface area contributed by atoms with Crippen LogP contribution in [0.2, 0.25) is 5.02 Å². The summed E-state index contributed by atoms with van der Waals surface area (Å²) in [7, 11) is 1.62. The molecule has 4 rings (SSSR count). The van der Waals surface area contributed by atoms with E-state index in [1.165, 1.54) is 0 Å². The third-order valence-corrected chi connectivity index (χ3v) is 7.08. The number of benzene rings is 2. The minimum Gasteiger partial charge on any atom is -0.497 e. The zero-order chi connectivity index (χ0) is 25.5. The average molecular weight is 518 g/mol. The van der Waals surface area contributed by atoms with Crippen molar-refractivity contribution < 1.29 is 23.0 Å². The van der Waals surface area contributed by atoms with Crippen molar-refractivity contribution in [1.29, 1.82) is 0 Å². The first-order valence-corrected chi connectivity index (χ1v) is 12.5. The van der Waals surface area contributed by atoms with E-state index in [2.05, 4.69) is 15.6 Å². The minimum absolute atomic E-state index is 0.0228. The number of aryl methyl sites for hydroxylation is 1. The maximum absolute atomic E-state index is 13.3. The van der Waals surface area contributed by atoms with E-state index < -0.39 is 17.0 Å². The van der Waals surface area contributed by atoms with Crippen LogP contribution in [0.5, 0.6) is 11.5 Å². The van der Waals surface area contributed by atoms with E-state index in [0.717, 1.165) is 72.8 Å². The molecular formula is C27H30ClF2N3O3. The quantitative estimate of drug-likeness (QED) is 0.368. The molecule has 192 valence electrons. The Morgan fingerprint density at radius 3 is 2.61 bits per heavy atom. The molecule has 1 aromatic heterocycles. The molecule has 0 radical (unpaired) electrons. The van der Waals surface area contributed by atoms with E-state index in [-0.39, 0.29) is 24.8 Å². The standard InChI is InChI=1S/C27H30ClF2N3O3/c1-35-20-4-5-25-23(16-20)22(24(28)17-33-25)3-2-6-27(7-9-31-10-8-27)26(34)32-11-12-36-21-14-18(29)13-19(30)15-21/h4-5,13-17,31H,2-3,6-12H2,1H3,(H,32,34). The number of hydrogen-bond acceptors (Lipinski definition) is 5. The average Bonchev–Trinajstić information content (AvgIpc) is 2.87. The Hall–Kier alpha value is -2.97. The highest BCUT2D eigenvalue weighted by atomic mass is 35.5. The number of carbonyl (C=O) groups excluding carboxylic acids is 1. The van der Waals surface area contributed by atoms with Gasteiger partial charge in [-0.25, -0.2) is 8.78 Å². The number of fused-ring (bicyclic) bond motifs is 1. The third kappa shape index (κ3) is 6.23. The molecule has 36 heavy (non-hydrogen) atoms. The van der Waals surface area contributed by atoms with Gasteiger partial charge in [0, 0.05) is 29.8 Å². The van der Waals surface area contributed by atoms with Gasteiger partial charge in [-0.15, -0.1) is 0 Å². The number of methoxy groups -OCH3 is 1. The van der Waals surface area contributed by atoms with Crippen molar-refractivity contribution in [2.75, 3.05) is 33.4 Å². The van der Waals surface area contributed by atoms with Gasteiger partial charge in [-0.2, -0.15) is 0 Å². The third-order valence-electron chi connectivity index (χ3n) is 6.75. The van der Waals surface area contributed by atoms with Crippen LogP contribution in [0.25, 0.3) is 10.9 Å². The Balaban J connectivity index is 1.38. The van der Waals surface area contributed by atoms with Crippen LogP contribution in [0.1, 0.15) is 31.2 Å². The SMILES string of the molecule is COc1ccc2ncc(Cl)c(CCCC3(C(=O)NCCOc4cc(F)cc(F)c4)CCNCC3)c2c1. The van der Waals surface area contributed by atoms with E-state index in [0.29, 0.717) is 17.9 Å². The number of hydrogen-bond donors (Lipinski definition) is 2. The molecule has 1 aliphatic rings. The number of nitrogens with one attached hydrogen (secondary N) is 2. The fourth-order valence-electron chi connectivity index (χ4n) is 4.82. The molecule has 3 aromatic rings. The number of piperidine rings is 1. The van der Waals surface area contributed by atoms with Crippen molar-refractivity contribution >= 4 is 28.4 Å². The van der Waals surface area contributed by atoms with Gasteiger partial charge in [-0.05, 0) is 69.0 Å². The molecule has 0 atom stereocenters. The monoisotopic (exact) mass is 517 g/mol. The molecule has 2 heterocycles. The van der Waals surface area contributed by atoms with Crippen molar-refractivity contribution in [2.45, 2.75) is 32.1 Å². The predicted molar refractivity (Wildman–Crippen MR) is 136 cm³/mol. The number of carbonyl (C=O) groups is 1. The molecular weight excluding hydrogens is 488 g/mol. The molecule has 0 aliphatic carbocycles. The lowest BCUT2D eigenvalue weighted by Crippen LogP contribution is -2.48. The number of pyridine rings is 1. The van der Waals surface area contributed by atoms with Gasteiger partial charge in [0.2, 0.25) is 5.91 Å². The fraction of sp³-hybridized carbons (Fsp3) is 0.407. The van der Waals surface area contributed by atoms with Gasteiger partial charge in [0.05, 0.1) is 29.6 Å². The number of amides is 1. The Bertz CT molecular complexity index is 1200. The summed E-state index contributed by atoms with van der Waals surface area (Å²) in [6.07, 6.45) is 5.33. The van der Waals surface area contributed by atoms with Crippen LogP contribution in [0.4, 0.5) is 8.78 Å². The van der Waals surface area contributed by atoms with E-state index >= 15 is 0 Å². The molecule has 0 saturated carbocycles. The van der Waals surface area contributed by atoms with E-state index in [1.807, 2.05) is 18.2 Å². The summed E-state index contributed by atoms with van der Waals surface area (Å²) >= 11 is 6.52. The summed E-state index contributed by atoms with van der Waals surface area (Å²) in [6, 6.07) is 8.74. The molecule has 1 aliphatic heterocycles. The summed E-state index contributed by atoms with van der Waals surface area (Å²) in [5, 5.41) is 7.85. The Morgan fingerprint density at radius 2 is 1.89 bits per heavy atom. The van der Waals surface area contributed by atoms with Crippen LogP contribution in [-0.4, -0.2) is 44.2 Å². The van der Waals surface area contributed by atoms with E-state index in [1.54, 1.807) is 13.3 Å². The Kier molecular flexibility index (Phi) is 8.59. The lowest BCUT2D eigenvalue weighted by Gasteiger charge is -2.36. The summed E-state index contributed by atoms with van der Waals surface area (Å²) in [4.78, 5) is 17.7. The van der Waals surface area contributed by atoms with Gasteiger partial charge in [0.15, 0.2) is 0 Å². The van der Waals surface area contributed by atoms with Gasteiger partial charge in [-0.3, -0.25) is 9.78 Å². The van der Waals surface area contributed by atoms with Gasteiger partial charge >= 0.3 is 0 Å². The number of aromatic nitrogens is 1. The lowest BCUT2D eigenvalue weighted by atomic mass is 9.74. The van der Waals surface area contributed by atoms with Crippen LogP contribution < -0.4 is 20.1 Å². The van der Waals surface area contributed by atoms with Gasteiger partial charge in [0.25, 0.3) is 0 Å².